The van der Waals surface area contributed by atoms with Gasteiger partial charge in [-0.15, -0.1) is 0 Å². The Labute approximate surface area is 198 Å². The number of hydrogen-bond donors (Lipinski definition) is 1. The second-order valence-electron chi connectivity index (χ2n) is 8.66. The third-order valence-electron chi connectivity index (χ3n) is 6.41. The Bertz CT molecular complexity index is 1600. The van der Waals surface area contributed by atoms with Crippen LogP contribution >= 0.6 is 11.3 Å². The Balaban J connectivity index is 1.55. The first-order valence-corrected chi connectivity index (χ1v) is 11.8. The van der Waals surface area contributed by atoms with Crippen LogP contribution in [0.25, 0.3) is 6.08 Å². The van der Waals surface area contributed by atoms with Crippen LogP contribution in [-0.4, -0.2) is 16.2 Å². The summed E-state index contributed by atoms with van der Waals surface area (Å²) >= 11 is 1.29. The van der Waals surface area contributed by atoms with E-state index in [9.17, 15) is 9.59 Å². The largest absolute Gasteiger partial charge is 0.472 e. The summed E-state index contributed by atoms with van der Waals surface area (Å²) in [5, 5.41) is 3.05. The summed E-state index contributed by atoms with van der Waals surface area (Å²) in [5.41, 5.74) is 1.88. The quantitative estimate of drug-likeness (QED) is 0.497. The van der Waals surface area contributed by atoms with Crippen molar-refractivity contribution in [3.05, 3.63) is 104 Å². The molecule has 0 radical (unpaired) electrons. The first-order valence-electron chi connectivity index (χ1n) is 10.9. The van der Waals surface area contributed by atoms with Crippen LogP contribution in [-0.2, 0) is 4.79 Å². The van der Waals surface area contributed by atoms with Gasteiger partial charge in [-0.25, -0.2) is 4.99 Å². The number of rotatable bonds is 3. The van der Waals surface area contributed by atoms with E-state index in [1.54, 1.807) is 29.2 Å². The number of ether oxygens (including phenoxy) is 1. The summed E-state index contributed by atoms with van der Waals surface area (Å²) in [6.45, 7) is 3.75. The van der Waals surface area contributed by atoms with Crippen LogP contribution in [0.15, 0.2) is 81.3 Å². The van der Waals surface area contributed by atoms with E-state index in [-0.39, 0.29) is 11.5 Å². The van der Waals surface area contributed by atoms with E-state index >= 15 is 0 Å². The molecule has 0 unspecified atom stereocenters. The molecule has 0 fully saturated rings. The number of thiazole rings is 1. The lowest BCUT2D eigenvalue weighted by Crippen LogP contribution is -2.59. The highest BCUT2D eigenvalue weighted by atomic mass is 32.1. The molecule has 1 amide bonds. The molecule has 2 aromatic carbocycles. The average molecular weight is 472 g/mol. The second-order valence-corrected chi connectivity index (χ2v) is 9.67. The zero-order valence-electron chi connectivity index (χ0n) is 18.5. The normalized spacial score (nSPS) is 22.8. The number of nitrogens with zero attached hydrogens (tertiary/aromatic N) is 2. The number of fused-ring (bicyclic) bond motifs is 6. The van der Waals surface area contributed by atoms with E-state index in [4.69, 9.17) is 14.1 Å². The minimum atomic E-state index is -1.17. The lowest BCUT2D eigenvalue weighted by atomic mass is 9.80. The summed E-state index contributed by atoms with van der Waals surface area (Å²) in [6, 6.07) is 16.4. The van der Waals surface area contributed by atoms with Gasteiger partial charge < -0.3 is 14.5 Å². The van der Waals surface area contributed by atoms with Crippen molar-refractivity contribution in [1.82, 2.24) is 4.57 Å². The van der Waals surface area contributed by atoms with E-state index in [2.05, 4.69) is 5.32 Å². The van der Waals surface area contributed by atoms with Crippen molar-refractivity contribution in [2.75, 3.05) is 5.32 Å². The van der Waals surface area contributed by atoms with Gasteiger partial charge in [-0.2, -0.15) is 0 Å². The van der Waals surface area contributed by atoms with Crippen molar-refractivity contribution in [3.8, 4) is 5.75 Å². The van der Waals surface area contributed by atoms with Crippen LogP contribution < -0.4 is 24.9 Å². The van der Waals surface area contributed by atoms with Crippen LogP contribution in [0.5, 0.6) is 5.75 Å². The van der Waals surface area contributed by atoms with Crippen molar-refractivity contribution in [2.45, 2.75) is 25.6 Å². The number of benzene rings is 2. The van der Waals surface area contributed by atoms with Crippen LogP contribution in [0.1, 0.15) is 29.7 Å². The summed E-state index contributed by atoms with van der Waals surface area (Å²) in [5.74, 6) is -0.365. The molecule has 2 aliphatic heterocycles. The number of aromatic nitrogens is 1. The van der Waals surface area contributed by atoms with Gasteiger partial charge in [-0.05, 0) is 43.7 Å². The molecule has 4 heterocycles. The van der Waals surface area contributed by atoms with Crippen LogP contribution in [0.4, 0.5) is 5.69 Å². The van der Waals surface area contributed by atoms with Crippen LogP contribution in [0.3, 0.4) is 0 Å². The van der Waals surface area contributed by atoms with E-state index < -0.39 is 17.7 Å². The summed E-state index contributed by atoms with van der Waals surface area (Å²) in [6.07, 6.45) is 4.92. The standard InChI is InChI=1S/C26H21N3O4S/c1-15-7-3-5-9-18(15)27-23(30)21-22-17-8-4-6-10-19(17)33-26(21,2)28-25-29(22)24(31)20(34-25)13-16-11-12-32-14-16/h3-14,21-22H,1-2H3,(H,27,30)/b20-13-/t21-,22-,26+/m1/s1. The van der Waals surface area contributed by atoms with Gasteiger partial charge in [-0.1, -0.05) is 47.7 Å². The second kappa shape index (κ2) is 7.56. The van der Waals surface area contributed by atoms with Crippen LogP contribution in [0.2, 0.25) is 0 Å². The SMILES string of the molecule is Cc1ccccc1NC(=O)[C@H]1[C@H]2c3ccccc3O[C@]1(C)N=c1s/c(=C\c3ccoc3)c(=O)n12. The highest BCUT2D eigenvalue weighted by Crippen LogP contribution is 2.47. The molecule has 0 saturated heterocycles. The molecule has 34 heavy (non-hydrogen) atoms. The number of hydrogen-bond acceptors (Lipinski definition) is 6. The number of carbonyl (C=O) groups excluding carboxylic acids is 1. The van der Waals surface area contributed by atoms with Crippen molar-refractivity contribution >= 4 is 29.0 Å². The minimum absolute atomic E-state index is 0.192. The number of nitrogens with one attached hydrogen (secondary N) is 1. The van der Waals surface area contributed by atoms with E-state index in [1.165, 1.54) is 11.3 Å². The topological polar surface area (TPSA) is 85.8 Å². The molecule has 4 aromatic rings. The van der Waals surface area contributed by atoms with E-state index in [0.29, 0.717) is 15.1 Å². The molecule has 2 aromatic heterocycles. The van der Waals surface area contributed by atoms with E-state index in [1.807, 2.05) is 62.4 Å². The molecule has 7 nitrogen and oxygen atoms in total. The maximum atomic E-state index is 13.7. The van der Waals surface area contributed by atoms with Crippen molar-refractivity contribution in [1.29, 1.82) is 0 Å². The van der Waals surface area contributed by atoms with Crippen molar-refractivity contribution in [2.24, 2.45) is 10.9 Å². The smallest absolute Gasteiger partial charge is 0.270 e. The maximum absolute atomic E-state index is 13.7. The molecule has 0 saturated carbocycles. The molecule has 0 spiro atoms. The highest BCUT2D eigenvalue weighted by molar-refractivity contribution is 7.07. The lowest BCUT2D eigenvalue weighted by molar-refractivity contribution is -0.131. The van der Waals surface area contributed by atoms with Gasteiger partial charge in [0.2, 0.25) is 11.6 Å². The lowest BCUT2D eigenvalue weighted by Gasteiger charge is -2.45. The van der Waals surface area contributed by atoms with Crippen molar-refractivity contribution in [3.63, 3.8) is 0 Å². The van der Waals surface area contributed by atoms with Gasteiger partial charge in [0.25, 0.3) is 5.56 Å². The Morgan fingerprint density at radius 3 is 2.76 bits per heavy atom. The molecule has 6 rings (SSSR count). The molecule has 170 valence electrons. The third-order valence-corrected chi connectivity index (χ3v) is 7.39. The van der Waals surface area contributed by atoms with Gasteiger partial charge in [0.05, 0.1) is 23.1 Å². The summed E-state index contributed by atoms with van der Waals surface area (Å²) in [7, 11) is 0. The predicted octanol–water partition coefficient (Wildman–Crippen LogP) is 3.23. The average Bonchev–Trinajstić information content (AvgIpc) is 3.42. The van der Waals surface area contributed by atoms with E-state index in [0.717, 1.165) is 22.4 Å². The number of para-hydroxylation sites is 2. The fourth-order valence-corrected chi connectivity index (χ4v) is 5.87. The fourth-order valence-electron chi connectivity index (χ4n) is 4.78. The maximum Gasteiger partial charge on any atom is 0.270 e. The van der Waals surface area contributed by atoms with Crippen molar-refractivity contribution < 1.29 is 13.9 Å². The monoisotopic (exact) mass is 471 g/mol. The number of furan rings is 1. The number of carbonyl (C=O) groups is 1. The third kappa shape index (κ3) is 3.13. The minimum Gasteiger partial charge on any atom is -0.472 e. The van der Waals surface area contributed by atoms with Crippen LogP contribution in [0, 0.1) is 12.8 Å². The fraction of sp³-hybridized carbons (Fsp3) is 0.192. The summed E-state index contributed by atoms with van der Waals surface area (Å²) < 4.78 is 13.6. The Morgan fingerprint density at radius 1 is 1.18 bits per heavy atom. The number of aryl methyl sites for hydroxylation is 1. The molecular formula is C26H21N3O4S. The molecular weight excluding hydrogens is 450 g/mol. The molecule has 0 aliphatic carbocycles. The summed E-state index contributed by atoms with van der Waals surface area (Å²) in [4.78, 5) is 32.7. The van der Waals surface area contributed by atoms with Gasteiger partial charge in [0.15, 0.2) is 4.80 Å². The van der Waals surface area contributed by atoms with Gasteiger partial charge in [0.1, 0.15) is 11.7 Å². The van der Waals surface area contributed by atoms with Gasteiger partial charge in [-0.3, -0.25) is 14.2 Å². The molecule has 3 atom stereocenters. The van der Waals surface area contributed by atoms with Gasteiger partial charge in [0, 0.05) is 16.8 Å². The molecule has 2 aliphatic rings. The first-order chi connectivity index (χ1) is 16.4. The number of anilines is 1. The first kappa shape index (κ1) is 20.7. The van der Waals surface area contributed by atoms with Gasteiger partial charge >= 0.3 is 0 Å². The Hall–Kier alpha value is -3.91. The zero-order chi connectivity index (χ0) is 23.4. The Kier molecular flexibility index (Phi) is 4.60. The molecule has 2 bridgehead atoms. The predicted molar refractivity (Wildman–Crippen MR) is 129 cm³/mol. The molecule has 8 heteroatoms. The Morgan fingerprint density at radius 2 is 1.97 bits per heavy atom. The highest BCUT2D eigenvalue weighted by Gasteiger charge is 2.55. The number of amides is 1. The zero-order valence-corrected chi connectivity index (χ0v) is 19.3. The molecule has 1 N–H and O–H groups in total.